The Morgan fingerprint density at radius 3 is 2.24 bits per heavy atom. The van der Waals surface area contributed by atoms with E-state index in [-0.39, 0.29) is 21.1 Å². The van der Waals surface area contributed by atoms with E-state index >= 15 is 0 Å². The smallest absolute Gasteiger partial charge is 0.172 e. The Balaban J connectivity index is 0.00000137. The SMILES string of the molecule is C=CC(C1=Cc2cc(OC)c(C(=O)CC3=NC(CC)C=C3)cc2C1)(c1ccccc1)c1ccccc1.CC.[HH].[HH]. The zero-order valence-electron chi connectivity index (χ0n) is 22.9. The summed E-state index contributed by atoms with van der Waals surface area (Å²) >= 11 is 0. The molecule has 1 aliphatic heterocycles. The van der Waals surface area contributed by atoms with Crippen molar-refractivity contribution in [2.75, 3.05) is 7.11 Å². The highest BCUT2D eigenvalue weighted by Gasteiger charge is 2.37. The van der Waals surface area contributed by atoms with Crippen molar-refractivity contribution in [1.29, 1.82) is 0 Å². The molecular weight excluding hydrogens is 466 g/mol. The van der Waals surface area contributed by atoms with Gasteiger partial charge in [0, 0.05) is 8.56 Å². The average Bonchev–Trinajstić information content (AvgIpc) is 3.62. The summed E-state index contributed by atoms with van der Waals surface area (Å²) in [6, 6.07) is 25.2. The lowest BCUT2D eigenvalue weighted by Crippen LogP contribution is -2.28. The molecule has 3 aromatic carbocycles. The molecule has 3 aromatic rings. The molecule has 198 valence electrons. The summed E-state index contributed by atoms with van der Waals surface area (Å²) in [5.74, 6) is 0.638. The highest BCUT2D eigenvalue weighted by molar-refractivity contribution is 6.15. The topological polar surface area (TPSA) is 38.7 Å². The molecule has 3 heteroatoms. The van der Waals surface area contributed by atoms with Crippen molar-refractivity contribution in [3.05, 3.63) is 131 Å². The third kappa shape index (κ3) is 5.06. The molecule has 0 radical (unpaired) electrons. The van der Waals surface area contributed by atoms with Gasteiger partial charge in [-0.15, -0.1) is 6.58 Å². The van der Waals surface area contributed by atoms with Crippen LogP contribution in [0.2, 0.25) is 0 Å². The highest BCUT2D eigenvalue weighted by Crippen LogP contribution is 2.46. The number of fused-ring (bicyclic) bond motifs is 1. The lowest BCUT2D eigenvalue weighted by atomic mass is 9.68. The zero-order chi connectivity index (χ0) is 27.1. The van der Waals surface area contributed by atoms with Crippen LogP contribution in [0.15, 0.2) is 108 Å². The fraction of sp³-hybridized carbons (Fsp3) is 0.257. The number of ether oxygens (including phenoxy) is 1. The molecule has 0 bridgehead atoms. The highest BCUT2D eigenvalue weighted by atomic mass is 16.5. The van der Waals surface area contributed by atoms with Crippen LogP contribution in [0.25, 0.3) is 6.08 Å². The van der Waals surface area contributed by atoms with Crippen LogP contribution >= 0.6 is 0 Å². The number of methoxy groups -OCH3 is 1. The minimum absolute atomic E-state index is 0. The van der Waals surface area contributed by atoms with Crippen molar-refractivity contribution in [2.45, 2.75) is 51.5 Å². The third-order valence-corrected chi connectivity index (χ3v) is 7.35. The summed E-state index contributed by atoms with van der Waals surface area (Å²) in [6.45, 7) is 10.4. The quantitative estimate of drug-likeness (QED) is 0.215. The molecule has 0 amide bonds. The van der Waals surface area contributed by atoms with Gasteiger partial charge in [-0.1, -0.05) is 99.7 Å². The molecule has 3 nitrogen and oxygen atoms in total. The second-order valence-corrected chi connectivity index (χ2v) is 9.40. The van der Waals surface area contributed by atoms with Crippen LogP contribution in [0.5, 0.6) is 5.75 Å². The Hall–Kier alpha value is -3.98. The number of Topliss-reactive ketones (excluding diaryl/α,β-unsaturated/α-hetero) is 1. The van der Waals surface area contributed by atoms with Crippen molar-refractivity contribution < 1.29 is 12.4 Å². The molecule has 1 unspecified atom stereocenters. The molecule has 38 heavy (non-hydrogen) atoms. The van der Waals surface area contributed by atoms with Gasteiger partial charge in [0.25, 0.3) is 0 Å². The van der Waals surface area contributed by atoms with Crippen LogP contribution in [-0.2, 0) is 11.8 Å². The fourth-order valence-electron chi connectivity index (χ4n) is 5.43. The van der Waals surface area contributed by atoms with Gasteiger partial charge >= 0.3 is 0 Å². The minimum atomic E-state index is -0.475. The van der Waals surface area contributed by atoms with E-state index in [2.05, 4.69) is 79.2 Å². The van der Waals surface area contributed by atoms with Crippen molar-refractivity contribution in [2.24, 2.45) is 4.99 Å². The van der Waals surface area contributed by atoms with Crippen LogP contribution < -0.4 is 4.74 Å². The Bertz CT molecular complexity index is 1350. The Labute approximate surface area is 230 Å². The molecule has 1 atom stereocenters. The maximum Gasteiger partial charge on any atom is 0.172 e. The van der Waals surface area contributed by atoms with Gasteiger partial charge in [0.2, 0.25) is 0 Å². The second-order valence-electron chi connectivity index (χ2n) is 9.40. The molecular formula is C35H41NO2. The lowest BCUT2D eigenvalue weighted by molar-refractivity contribution is 0.0998. The van der Waals surface area contributed by atoms with E-state index in [4.69, 9.17) is 4.74 Å². The first kappa shape index (κ1) is 27.1. The number of rotatable bonds is 9. The molecule has 0 aromatic heterocycles. The summed E-state index contributed by atoms with van der Waals surface area (Å²) in [7, 11) is 1.63. The molecule has 5 rings (SSSR count). The van der Waals surface area contributed by atoms with Gasteiger partial charge in [-0.3, -0.25) is 9.79 Å². The summed E-state index contributed by atoms with van der Waals surface area (Å²) in [5.41, 5.74) is 6.76. The van der Waals surface area contributed by atoms with Gasteiger partial charge < -0.3 is 4.74 Å². The predicted octanol–water partition coefficient (Wildman–Crippen LogP) is 8.69. The molecule has 0 N–H and O–H groups in total. The van der Waals surface area contributed by atoms with E-state index in [9.17, 15) is 4.79 Å². The van der Waals surface area contributed by atoms with Crippen LogP contribution in [-0.4, -0.2) is 24.6 Å². The molecule has 0 saturated heterocycles. The van der Waals surface area contributed by atoms with Crippen LogP contribution in [0.4, 0.5) is 0 Å². The number of carbonyl (C=O) groups is 1. The molecule has 1 heterocycles. The van der Waals surface area contributed by atoms with E-state index in [1.807, 2.05) is 50.3 Å². The number of aliphatic imine (C=N–C) groups is 1. The van der Waals surface area contributed by atoms with E-state index in [1.165, 1.54) is 16.7 Å². The monoisotopic (exact) mass is 507 g/mol. The van der Waals surface area contributed by atoms with Crippen molar-refractivity contribution in [1.82, 2.24) is 0 Å². The molecule has 1 aliphatic carbocycles. The predicted molar refractivity (Wildman–Crippen MR) is 164 cm³/mol. The third-order valence-electron chi connectivity index (χ3n) is 7.35. The summed E-state index contributed by atoms with van der Waals surface area (Å²) in [4.78, 5) is 18.0. The molecule has 0 fully saturated rings. The summed E-state index contributed by atoms with van der Waals surface area (Å²) in [5, 5.41) is 0. The fourth-order valence-corrected chi connectivity index (χ4v) is 5.43. The molecule has 0 saturated carbocycles. The first-order valence-corrected chi connectivity index (χ1v) is 13.5. The summed E-state index contributed by atoms with van der Waals surface area (Å²) < 4.78 is 5.69. The number of hydrogen-bond donors (Lipinski definition) is 0. The van der Waals surface area contributed by atoms with Gasteiger partial charge in [0.15, 0.2) is 5.78 Å². The Morgan fingerprint density at radius 2 is 1.71 bits per heavy atom. The zero-order valence-corrected chi connectivity index (χ0v) is 22.9. The van der Waals surface area contributed by atoms with Gasteiger partial charge in [0.1, 0.15) is 5.75 Å². The number of carbonyl (C=O) groups excluding carboxylic acids is 1. The first-order chi connectivity index (χ1) is 18.6. The van der Waals surface area contributed by atoms with Crippen LogP contribution in [0.1, 0.15) is 69.1 Å². The first-order valence-electron chi connectivity index (χ1n) is 13.5. The van der Waals surface area contributed by atoms with Gasteiger partial charge in [0.05, 0.1) is 30.6 Å². The Kier molecular flexibility index (Phi) is 8.58. The van der Waals surface area contributed by atoms with Crippen LogP contribution in [0.3, 0.4) is 0 Å². The van der Waals surface area contributed by atoms with E-state index in [1.54, 1.807) is 7.11 Å². The number of ketones is 1. The van der Waals surface area contributed by atoms with Crippen molar-refractivity contribution in [3.63, 3.8) is 0 Å². The lowest BCUT2D eigenvalue weighted by Gasteiger charge is -2.34. The van der Waals surface area contributed by atoms with Crippen molar-refractivity contribution in [3.8, 4) is 5.75 Å². The van der Waals surface area contributed by atoms with Gasteiger partial charge in [-0.25, -0.2) is 0 Å². The maximum atomic E-state index is 13.3. The summed E-state index contributed by atoms with van der Waals surface area (Å²) in [6.07, 6.45) is 10.3. The van der Waals surface area contributed by atoms with E-state index in [0.29, 0.717) is 11.3 Å². The standard InChI is InChI=1S/C33H31NO2.C2H6.2H2/c1-4-28-16-17-29(34-28)22-31(35)30-20-23-18-27(19-24(23)21-32(30)36-3)33(5-2,25-12-8-6-9-13-25)26-14-10-7-11-15-26;1-2;;/h5-17,19-21,28H,2,4,18,22H2,1,3H3;1-2H3;2*1H. The minimum Gasteiger partial charge on any atom is -0.496 e. The second kappa shape index (κ2) is 12.0. The van der Waals surface area contributed by atoms with E-state index in [0.717, 1.165) is 29.7 Å². The number of allylic oxidation sites excluding steroid dienone is 3. The average molecular weight is 508 g/mol. The van der Waals surface area contributed by atoms with E-state index < -0.39 is 5.41 Å². The number of hydrogen-bond acceptors (Lipinski definition) is 3. The van der Waals surface area contributed by atoms with Gasteiger partial charge in [-0.2, -0.15) is 0 Å². The normalized spacial score (nSPS) is 15.6. The van der Waals surface area contributed by atoms with Gasteiger partial charge in [-0.05, 0) is 58.9 Å². The Morgan fingerprint density at radius 1 is 1.08 bits per heavy atom. The molecule has 2 aliphatic rings. The number of benzene rings is 3. The van der Waals surface area contributed by atoms with Crippen molar-refractivity contribution >= 4 is 17.6 Å². The largest absolute Gasteiger partial charge is 0.496 e. The molecule has 0 spiro atoms. The van der Waals surface area contributed by atoms with Crippen LogP contribution in [0, 0.1) is 0 Å². The number of nitrogens with zero attached hydrogens (tertiary/aromatic N) is 1. The maximum absolute atomic E-state index is 13.3.